The molecule has 9 rings (SSSR count). The van der Waals surface area contributed by atoms with E-state index in [-0.39, 0.29) is 30.3 Å². The average Bonchev–Trinajstić information content (AvgIpc) is 3.64. The maximum atomic E-state index is 13.1. The number of hydrogen-bond acceptors (Lipinski definition) is 7. The van der Waals surface area contributed by atoms with Crippen molar-refractivity contribution >= 4 is 34.3 Å². The van der Waals surface area contributed by atoms with Crippen LogP contribution in [0, 0.1) is 11.8 Å². The molecule has 6 atom stereocenters. The fraction of sp³-hybridized carbons (Fsp3) is 0.412. The van der Waals surface area contributed by atoms with Gasteiger partial charge in [0.1, 0.15) is 28.6 Å². The van der Waals surface area contributed by atoms with Gasteiger partial charge in [0.25, 0.3) is 0 Å². The van der Waals surface area contributed by atoms with Gasteiger partial charge >= 0.3 is 12.2 Å². The summed E-state index contributed by atoms with van der Waals surface area (Å²) in [5.74, 6) is 2.40. The number of likely N-dealkylation sites (tertiary alicyclic amines) is 2. The Morgan fingerprint density at radius 3 is 2.26 bits per heavy atom. The topological polar surface area (TPSA) is 153 Å². The molecule has 4 aliphatic rings. The molecule has 12 nitrogen and oxygen atoms in total. The van der Waals surface area contributed by atoms with E-state index < -0.39 is 11.7 Å². The monoisotopic (exact) mass is 618 g/mol. The first kappa shape index (κ1) is 27.3. The maximum Gasteiger partial charge on any atom is 0.411 e. The van der Waals surface area contributed by atoms with Gasteiger partial charge in [-0.25, -0.2) is 24.5 Å². The number of aromatic amines is 2. The molecule has 3 N–H and O–H groups in total. The standard InChI is InChI=1S/C34H34N8O4/c1-34(2,3)46-33(45)42-27-11-19(27)13-29(42)31-38-21-7-5-17(9-23(21)39-31)16-4-6-20-22(8-16)35-14-24(37-20)25-15-36-30(40-25)28-12-18-10-26(18)41(28)32(43)44/h4-9,14-15,18-19,26-29H,10-13H2,1-3H3,(H,36,40)(H,38,39)(H,43,44)/t18-,19+,26-,27-,28+,29+/m1/s1. The van der Waals surface area contributed by atoms with Gasteiger partial charge in [0.05, 0.1) is 40.3 Å². The summed E-state index contributed by atoms with van der Waals surface area (Å²) in [5, 5.41) is 9.70. The van der Waals surface area contributed by atoms with Crippen LogP contribution in [-0.4, -0.2) is 74.7 Å². The number of imidazole rings is 2. The number of amides is 2. The number of carbonyl (C=O) groups is 2. The van der Waals surface area contributed by atoms with Crippen molar-refractivity contribution in [2.75, 3.05) is 0 Å². The Labute approximate surface area is 264 Å². The average molecular weight is 619 g/mol. The summed E-state index contributed by atoms with van der Waals surface area (Å²) < 4.78 is 5.74. The number of hydrogen-bond donors (Lipinski definition) is 3. The summed E-state index contributed by atoms with van der Waals surface area (Å²) in [7, 11) is 0. The molecule has 4 fully saturated rings. The van der Waals surface area contributed by atoms with Crippen LogP contribution in [0.4, 0.5) is 9.59 Å². The van der Waals surface area contributed by atoms with E-state index in [1.54, 1.807) is 12.4 Å². The minimum atomic E-state index is -0.893. The third-order valence-electron chi connectivity index (χ3n) is 9.90. The van der Waals surface area contributed by atoms with Crippen molar-refractivity contribution in [1.82, 2.24) is 39.7 Å². The van der Waals surface area contributed by atoms with Crippen molar-refractivity contribution in [2.24, 2.45) is 11.8 Å². The summed E-state index contributed by atoms with van der Waals surface area (Å²) in [4.78, 5) is 54.1. The number of carboxylic acid groups (broad SMARTS) is 1. The quantitative estimate of drug-likeness (QED) is 0.208. The third-order valence-corrected chi connectivity index (χ3v) is 9.90. The SMILES string of the molecule is CC(C)(C)OC(=O)N1[C@@H]2C[C@H]2C[C@H]1c1nc2cc(-c3ccc4nc(-c5c[nH]c([C@@H]6C[C@H]7C[C@H]7N6C(=O)O)n5)cnc4c3)ccc2[nH]1. The Morgan fingerprint density at radius 1 is 0.826 bits per heavy atom. The van der Waals surface area contributed by atoms with Crippen LogP contribution in [0.5, 0.6) is 0 Å². The molecule has 2 aromatic carbocycles. The van der Waals surface area contributed by atoms with Crippen molar-refractivity contribution in [2.45, 2.75) is 76.2 Å². The molecule has 5 heterocycles. The molecule has 5 aromatic rings. The second-order valence-corrected chi connectivity index (χ2v) is 14.2. The second kappa shape index (κ2) is 9.51. The fourth-order valence-electron chi connectivity index (χ4n) is 7.57. The van der Waals surface area contributed by atoms with Gasteiger partial charge < -0.3 is 19.8 Å². The molecule has 12 heteroatoms. The first-order valence-corrected chi connectivity index (χ1v) is 15.9. The van der Waals surface area contributed by atoms with Gasteiger partial charge in [0, 0.05) is 18.3 Å². The van der Waals surface area contributed by atoms with Gasteiger partial charge in [-0.1, -0.05) is 12.1 Å². The number of H-pyrrole nitrogens is 2. The first-order chi connectivity index (χ1) is 22.1. The molecule has 0 spiro atoms. The van der Waals surface area contributed by atoms with Crippen LogP contribution < -0.4 is 0 Å². The molecule has 2 saturated carbocycles. The van der Waals surface area contributed by atoms with Crippen molar-refractivity contribution in [3.05, 3.63) is 60.4 Å². The van der Waals surface area contributed by atoms with Crippen LogP contribution >= 0.6 is 0 Å². The van der Waals surface area contributed by atoms with Crippen molar-refractivity contribution < 1.29 is 19.4 Å². The highest BCUT2D eigenvalue weighted by Gasteiger charge is 2.57. The van der Waals surface area contributed by atoms with E-state index in [0.29, 0.717) is 29.0 Å². The molecule has 0 radical (unpaired) electrons. The molecule has 46 heavy (non-hydrogen) atoms. The van der Waals surface area contributed by atoms with Crippen molar-refractivity contribution in [1.29, 1.82) is 0 Å². The Morgan fingerprint density at radius 2 is 1.52 bits per heavy atom. The van der Waals surface area contributed by atoms with Gasteiger partial charge in [-0.15, -0.1) is 0 Å². The lowest BCUT2D eigenvalue weighted by Gasteiger charge is -2.29. The largest absolute Gasteiger partial charge is 0.465 e. The van der Waals surface area contributed by atoms with E-state index in [4.69, 9.17) is 24.7 Å². The Bertz CT molecular complexity index is 2060. The number of fused-ring (bicyclic) bond motifs is 4. The molecule has 2 saturated heterocycles. The van der Waals surface area contributed by atoms with Crippen LogP contribution in [0.3, 0.4) is 0 Å². The van der Waals surface area contributed by atoms with Gasteiger partial charge in [-0.2, -0.15) is 0 Å². The van der Waals surface area contributed by atoms with Crippen LogP contribution in [0.15, 0.2) is 48.8 Å². The molecule has 2 aliphatic heterocycles. The first-order valence-electron chi connectivity index (χ1n) is 15.9. The van der Waals surface area contributed by atoms with Gasteiger partial charge in [0.2, 0.25) is 0 Å². The Hall–Kier alpha value is -5.00. The van der Waals surface area contributed by atoms with Crippen LogP contribution in [0.2, 0.25) is 0 Å². The molecule has 2 amide bonds. The third kappa shape index (κ3) is 4.49. The van der Waals surface area contributed by atoms with E-state index in [2.05, 4.69) is 22.1 Å². The summed E-state index contributed by atoms with van der Waals surface area (Å²) in [6.45, 7) is 5.68. The Balaban J connectivity index is 0.959. The Kier molecular flexibility index (Phi) is 5.65. The second-order valence-electron chi connectivity index (χ2n) is 14.2. The highest BCUT2D eigenvalue weighted by molar-refractivity contribution is 5.86. The van der Waals surface area contributed by atoms with E-state index in [1.165, 1.54) is 4.90 Å². The fourth-order valence-corrected chi connectivity index (χ4v) is 7.57. The number of benzene rings is 2. The zero-order chi connectivity index (χ0) is 31.5. The molecule has 0 bridgehead atoms. The van der Waals surface area contributed by atoms with E-state index in [1.807, 2.05) is 49.9 Å². The summed E-state index contributed by atoms with van der Waals surface area (Å²) in [6.07, 6.45) is 5.99. The number of ether oxygens (including phenoxy) is 1. The van der Waals surface area contributed by atoms with Crippen molar-refractivity contribution in [3.8, 4) is 22.5 Å². The highest BCUT2D eigenvalue weighted by Crippen LogP contribution is 2.54. The predicted molar refractivity (Wildman–Crippen MR) is 169 cm³/mol. The lowest BCUT2D eigenvalue weighted by Crippen LogP contribution is -2.38. The number of rotatable bonds is 4. The minimum absolute atomic E-state index is 0.119. The maximum absolute atomic E-state index is 13.1. The van der Waals surface area contributed by atoms with E-state index >= 15 is 0 Å². The van der Waals surface area contributed by atoms with Crippen LogP contribution in [0.1, 0.15) is 70.2 Å². The van der Waals surface area contributed by atoms with Crippen LogP contribution in [-0.2, 0) is 4.74 Å². The molecule has 0 unspecified atom stereocenters. The number of nitrogens with one attached hydrogen (secondary N) is 2. The van der Waals surface area contributed by atoms with Crippen molar-refractivity contribution in [3.63, 3.8) is 0 Å². The zero-order valence-corrected chi connectivity index (χ0v) is 25.8. The zero-order valence-electron chi connectivity index (χ0n) is 25.8. The van der Waals surface area contributed by atoms with E-state index in [9.17, 15) is 14.7 Å². The number of piperidine rings is 2. The smallest absolute Gasteiger partial charge is 0.411 e. The number of aromatic nitrogens is 6. The molecular formula is C34H34N8O4. The molecule has 3 aromatic heterocycles. The predicted octanol–water partition coefficient (Wildman–Crippen LogP) is 6.45. The van der Waals surface area contributed by atoms with Gasteiger partial charge in [-0.05, 0) is 93.7 Å². The van der Waals surface area contributed by atoms with Gasteiger partial charge in [-0.3, -0.25) is 14.8 Å². The van der Waals surface area contributed by atoms with Gasteiger partial charge in [0.15, 0.2) is 0 Å². The minimum Gasteiger partial charge on any atom is -0.465 e. The van der Waals surface area contributed by atoms with E-state index in [0.717, 1.165) is 64.7 Å². The normalized spacial score (nSPS) is 26.4. The number of nitrogens with zero attached hydrogens (tertiary/aromatic N) is 6. The molecular weight excluding hydrogens is 584 g/mol. The van der Waals surface area contributed by atoms with Crippen LogP contribution in [0.25, 0.3) is 44.6 Å². The summed E-state index contributed by atoms with van der Waals surface area (Å²) in [6, 6.07) is 12.1. The number of carbonyl (C=O) groups excluding carboxylic acids is 1. The lowest BCUT2D eigenvalue weighted by atomic mass is 10.0. The highest BCUT2D eigenvalue weighted by atomic mass is 16.6. The molecule has 234 valence electrons. The summed E-state index contributed by atoms with van der Waals surface area (Å²) in [5.41, 5.74) is 5.98. The molecule has 2 aliphatic carbocycles. The lowest BCUT2D eigenvalue weighted by molar-refractivity contribution is 0.0175. The summed E-state index contributed by atoms with van der Waals surface area (Å²) >= 11 is 0.